The Morgan fingerprint density at radius 3 is 2.44 bits per heavy atom. The number of nitrogens with one attached hydrogen (secondary N) is 2. The first kappa shape index (κ1) is 15.8. The maximum absolute atomic E-state index is 10.4. The van der Waals surface area contributed by atoms with E-state index in [-0.39, 0.29) is 5.92 Å². The summed E-state index contributed by atoms with van der Waals surface area (Å²) in [6, 6.07) is 0. The van der Waals surface area contributed by atoms with Crippen molar-refractivity contribution in [1.82, 2.24) is 15.5 Å². The Morgan fingerprint density at radius 1 is 1.39 bits per heavy atom. The van der Waals surface area contributed by atoms with Gasteiger partial charge in [0.15, 0.2) is 0 Å². The molecule has 0 aromatic carbocycles. The summed E-state index contributed by atoms with van der Waals surface area (Å²) in [5, 5.41) is 26.6. The Hall–Kier alpha value is -0.240. The number of aliphatic hydroxyl groups excluding tert-OH is 2. The molecule has 6 N–H and O–H groups in total. The number of piperazine rings is 1. The zero-order valence-electron chi connectivity index (χ0n) is 11.7. The molecule has 6 heteroatoms. The third kappa shape index (κ3) is 3.63. The van der Waals surface area contributed by atoms with E-state index in [1.807, 2.05) is 18.7 Å². The number of nitrogens with zero attached hydrogens (tertiary/aromatic N) is 1. The zero-order chi connectivity index (χ0) is 13.8. The molecule has 1 saturated heterocycles. The van der Waals surface area contributed by atoms with E-state index in [4.69, 9.17) is 5.73 Å². The zero-order valence-corrected chi connectivity index (χ0v) is 11.7. The van der Waals surface area contributed by atoms with Gasteiger partial charge in [-0.25, -0.2) is 0 Å². The van der Waals surface area contributed by atoms with Crippen molar-refractivity contribution in [2.24, 2.45) is 11.7 Å². The lowest BCUT2D eigenvalue weighted by Crippen LogP contribution is -2.65. The van der Waals surface area contributed by atoms with Gasteiger partial charge in [0.1, 0.15) is 12.5 Å². The summed E-state index contributed by atoms with van der Waals surface area (Å²) in [4.78, 5) is 1.96. The Balaban J connectivity index is 2.64. The quantitative estimate of drug-likeness (QED) is 0.373. The summed E-state index contributed by atoms with van der Waals surface area (Å²) in [6.45, 7) is 9.52. The fourth-order valence-electron chi connectivity index (χ4n) is 2.28. The summed E-state index contributed by atoms with van der Waals surface area (Å²) in [6.07, 6.45) is -1.45. The van der Waals surface area contributed by atoms with Crippen LogP contribution in [0, 0.1) is 5.92 Å². The predicted octanol–water partition coefficient (Wildman–Crippen LogP) is -1.51. The van der Waals surface area contributed by atoms with Crippen molar-refractivity contribution in [3.8, 4) is 0 Å². The minimum absolute atomic E-state index is 0.248. The van der Waals surface area contributed by atoms with Crippen molar-refractivity contribution in [1.29, 1.82) is 0 Å². The van der Waals surface area contributed by atoms with Crippen molar-refractivity contribution >= 4 is 0 Å². The Kier molecular flexibility index (Phi) is 5.97. The van der Waals surface area contributed by atoms with Crippen LogP contribution in [-0.4, -0.2) is 65.8 Å². The lowest BCUT2D eigenvalue weighted by atomic mass is 9.84. The van der Waals surface area contributed by atoms with Gasteiger partial charge in [0.25, 0.3) is 0 Å². The summed E-state index contributed by atoms with van der Waals surface area (Å²) < 4.78 is 0. The molecule has 1 rings (SSSR count). The Bertz CT molecular complexity index is 244. The van der Waals surface area contributed by atoms with E-state index >= 15 is 0 Å². The predicted molar refractivity (Wildman–Crippen MR) is 71.9 cm³/mol. The first-order chi connectivity index (χ1) is 8.41. The van der Waals surface area contributed by atoms with Gasteiger partial charge >= 0.3 is 0 Å². The Morgan fingerprint density at radius 2 is 1.94 bits per heavy atom. The van der Waals surface area contributed by atoms with E-state index < -0.39 is 18.0 Å². The van der Waals surface area contributed by atoms with E-state index in [1.165, 1.54) is 0 Å². The molecular weight excluding hydrogens is 232 g/mol. The van der Waals surface area contributed by atoms with Crippen LogP contribution in [0.4, 0.5) is 0 Å². The molecule has 0 spiro atoms. The monoisotopic (exact) mass is 260 g/mol. The van der Waals surface area contributed by atoms with E-state index in [0.717, 1.165) is 26.2 Å². The molecule has 0 aliphatic carbocycles. The van der Waals surface area contributed by atoms with E-state index in [0.29, 0.717) is 6.54 Å². The van der Waals surface area contributed by atoms with Crippen LogP contribution in [0.15, 0.2) is 0 Å². The van der Waals surface area contributed by atoms with Gasteiger partial charge in [-0.15, -0.1) is 0 Å². The van der Waals surface area contributed by atoms with Crippen LogP contribution in [0.25, 0.3) is 0 Å². The van der Waals surface area contributed by atoms with Crippen LogP contribution in [0.3, 0.4) is 0 Å². The highest BCUT2D eigenvalue weighted by Crippen LogP contribution is 2.23. The molecule has 1 heterocycles. The molecule has 6 nitrogen and oxygen atoms in total. The van der Waals surface area contributed by atoms with Gasteiger partial charge in [-0.3, -0.25) is 10.2 Å². The maximum Gasteiger partial charge on any atom is 0.125 e. The molecule has 108 valence electrons. The minimum Gasteiger partial charge on any atom is -0.378 e. The van der Waals surface area contributed by atoms with Crippen LogP contribution >= 0.6 is 0 Å². The fourth-order valence-corrected chi connectivity index (χ4v) is 2.28. The molecule has 0 saturated carbocycles. The van der Waals surface area contributed by atoms with E-state index in [9.17, 15) is 10.2 Å². The first-order valence-electron chi connectivity index (χ1n) is 6.74. The molecular formula is C12H28N4O2. The molecule has 18 heavy (non-hydrogen) atoms. The summed E-state index contributed by atoms with van der Waals surface area (Å²) >= 11 is 0. The Labute approximate surface area is 110 Å². The largest absolute Gasteiger partial charge is 0.378 e. The van der Waals surface area contributed by atoms with Gasteiger partial charge in [-0.2, -0.15) is 0 Å². The molecule has 0 aromatic rings. The highest BCUT2D eigenvalue weighted by molar-refractivity contribution is 4.94. The third-order valence-corrected chi connectivity index (χ3v) is 3.92. The van der Waals surface area contributed by atoms with Crippen molar-refractivity contribution < 1.29 is 10.2 Å². The van der Waals surface area contributed by atoms with Crippen LogP contribution < -0.4 is 16.4 Å². The number of hydrogen-bond acceptors (Lipinski definition) is 6. The second kappa shape index (κ2) is 6.79. The molecule has 1 aliphatic heterocycles. The van der Waals surface area contributed by atoms with Crippen LogP contribution in [0.1, 0.15) is 20.8 Å². The van der Waals surface area contributed by atoms with Gasteiger partial charge in [-0.05, 0) is 13.5 Å². The minimum atomic E-state index is -0.862. The van der Waals surface area contributed by atoms with Crippen molar-refractivity contribution in [2.45, 2.75) is 38.8 Å². The van der Waals surface area contributed by atoms with Crippen molar-refractivity contribution in [3.63, 3.8) is 0 Å². The standard InChI is InChI=1S/C12H28N4O2/c1-4-15-10(17)9(2)12(3,13)11(18)16-7-5-14-6-8-16/h9-11,14-15,17-18H,4-8,13H2,1-3H3. The van der Waals surface area contributed by atoms with E-state index in [2.05, 4.69) is 10.6 Å². The van der Waals surface area contributed by atoms with E-state index in [1.54, 1.807) is 6.92 Å². The maximum atomic E-state index is 10.4. The molecule has 0 amide bonds. The summed E-state index contributed by atoms with van der Waals surface area (Å²) in [5.41, 5.74) is 5.39. The van der Waals surface area contributed by atoms with Crippen LogP contribution in [0.2, 0.25) is 0 Å². The second-order valence-corrected chi connectivity index (χ2v) is 5.32. The van der Waals surface area contributed by atoms with Gasteiger partial charge in [0.2, 0.25) is 0 Å². The van der Waals surface area contributed by atoms with Crippen molar-refractivity contribution in [2.75, 3.05) is 32.7 Å². The van der Waals surface area contributed by atoms with Gasteiger partial charge in [0, 0.05) is 32.1 Å². The smallest absolute Gasteiger partial charge is 0.125 e. The molecule has 4 atom stereocenters. The molecule has 4 unspecified atom stereocenters. The topological polar surface area (TPSA) is 93.8 Å². The molecule has 1 aliphatic rings. The van der Waals surface area contributed by atoms with Gasteiger partial charge < -0.3 is 21.3 Å². The average molecular weight is 260 g/mol. The molecule has 1 fully saturated rings. The SMILES string of the molecule is CCNC(O)C(C)C(C)(N)C(O)N1CCNCC1. The number of aliphatic hydroxyl groups is 2. The third-order valence-electron chi connectivity index (χ3n) is 3.92. The van der Waals surface area contributed by atoms with Crippen LogP contribution in [-0.2, 0) is 0 Å². The number of rotatable bonds is 6. The fraction of sp³-hybridized carbons (Fsp3) is 1.00. The highest BCUT2D eigenvalue weighted by atomic mass is 16.3. The molecule has 0 bridgehead atoms. The summed E-state index contributed by atoms with van der Waals surface area (Å²) in [7, 11) is 0. The number of hydrogen-bond donors (Lipinski definition) is 5. The molecule has 0 radical (unpaired) electrons. The molecule has 0 aromatic heterocycles. The van der Waals surface area contributed by atoms with Gasteiger partial charge in [-0.1, -0.05) is 13.8 Å². The number of nitrogens with two attached hydrogens (primary N) is 1. The lowest BCUT2D eigenvalue weighted by molar-refractivity contribution is -0.0915. The van der Waals surface area contributed by atoms with Gasteiger partial charge in [0.05, 0.1) is 5.54 Å². The lowest BCUT2D eigenvalue weighted by Gasteiger charge is -2.44. The highest BCUT2D eigenvalue weighted by Gasteiger charge is 2.41. The van der Waals surface area contributed by atoms with Crippen LogP contribution in [0.5, 0.6) is 0 Å². The summed E-state index contributed by atoms with van der Waals surface area (Å²) in [5.74, 6) is -0.248. The first-order valence-corrected chi connectivity index (χ1v) is 6.74. The van der Waals surface area contributed by atoms with Crippen molar-refractivity contribution in [3.05, 3.63) is 0 Å². The average Bonchev–Trinajstić information content (AvgIpc) is 2.38. The second-order valence-electron chi connectivity index (χ2n) is 5.32. The normalized spacial score (nSPS) is 26.3.